The Morgan fingerprint density at radius 3 is 3.00 bits per heavy atom. The third-order valence-corrected chi connectivity index (χ3v) is 0.777. The lowest BCUT2D eigenvalue weighted by molar-refractivity contribution is 0.387. The Kier molecular flexibility index (Phi) is 1.26. The molecule has 4 nitrogen and oxygen atoms in total. The molecule has 0 aromatic heterocycles. The van der Waals surface area contributed by atoms with Crippen LogP contribution in [-0.4, -0.2) is 15.6 Å². The van der Waals surface area contributed by atoms with Gasteiger partial charge in [-0.05, 0) is 0 Å². The lowest BCUT2D eigenvalue weighted by Crippen LogP contribution is -2.24. The van der Waals surface area contributed by atoms with Gasteiger partial charge in [0.2, 0.25) is 5.90 Å². The molecule has 1 aliphatic rings. The zero-order valence-corrected chi connectivity index (χ0v) is 4.63. The number of nitrogens with zero attached hydrogens (tertiary/aromatic N) is 2. The molecular formula is C3H4ClN3O. The van der Waals surface area contributed by atoms with Crippen molar-refractivity contribution < 1.29 is 5.11 Å². The van der Waals surface area contributed by atoms with Gasteiger partial charge in [0.25, 0.3) is 0 Å². The fourth-order valence-electron chi connectivity index (χ4n) is 0.325. The minimum absolute atomic E-state index is 0.112. The molecule has 0 aromatic rings. The normalized spacial score (nSPS) is 17.6. The highest BCUT2D eigenvalue weighted by Gasteiger charge is 1.98. The van der Waals surface area contributed by atoms with E-state index < -0.39 is 0 Å². The van der Waals surface area contributed by atoms with Crippen molar-refractivity contribution >= 4 is 17.7 Å². The highest BCUT2D eigenvalue weighted by molar-refractivity contribution is 6.13. The number of hydrogen-bond donors (Lipinski definition) is 2. The molecule has 8 heavy (non-hydrogen) atoms. The van der Waals surface area contributed by atoms with Gasteiger partial charge in [-0.25, -0.2) is 0 Å². The molecule has 0 amide bonds. The highest BCUT2D eigenvalue weighted by Crippen LogP contribution is 1.94. The van der Waals surface area contributed by atoms with Crippen LogP contribution >= 0.6 is 11.8 Å². The Labute approximate surface area is 51.1 Å². The van der Waals surface area contributed by atoms with E-state index in [1.54, 1.807) is 0 Å². The second-order valence-electron chi connectivity index (χ2n) is 1.18. The summed E-state index contributed by atoms with van der Waals surface area (Å²) < 4.78 is 0.884. The maximum Gasteiger partial charge on any atom is 0.233 e. The van der Waals surface area contributed by atoms with Crippen LogP contribution in [0.4, 0.5) is 0 Å². The molecule has 0 fully saturated rings. The molecule has 0 bridgehead atoms. The molecule has 0 spiro atoms. The van der Waals surface area contributed by atoms with Gasteiger partial charge in [-0.15, -0.1) is 9.74 Å². The lowest BCUT2D eigenvalue weighted by atomic mass is 10.6. The van der Waals surface area contributed by atoms with Crippen molar-refractivity contribution in [1.29, 1.82) is 0 Å². The molecule has 0 unspecified atom stereocenters. The molecular weight excluding hydrogens is 130 g/mol. The van der Waals surface area contributed by atoms with Crippen molar-refractivity contribution in [3.8, 4) is 0 Å². The molecule has 1 rings (SSSR count). The molecule has 1 aliphatic heterocycles. The summed E-state index contributed by atoms with van der Waals surface area (Å²) in [6, 6.07) is 0. The molecule has 0 saturated heterocycles. The topological polar surface area (TPSA) is 47.9 Å². The van der Waals surface area contributed by atoms with Crippen LogP contribution in [0.3, 0.4) is 0 Å². The van der Waals surface area contributed by atoms with Crippen molar-refractivity contribution in [1.82, 2.24) is 10.1 Å². The minimum atomic E-state index is -0.112. The summed E-state index contributed by atoms with van der Waals surface area (Å²) >= 11 is 5.23. The van der Waals surface area contributed by atoms with Crippen LogP contribution in [0.1, 0.15) is 0 Å². The van der Waals surface area contributed by atoms with E-state index in [9.17, 15) is 0 Å². The molecule has 0 atom stereocenters. The average molecular weight is 134 g/mol. The summed E-state index contributed by atoms with van der Waals surface area (Å²) in [5.74, 6) is -0.112. The highest BCUT2D eigenvalue weighted by atomic mass is 35.5. The van der Waals surface area contributed by atoms with Crippen molar-refractivity contribution in [3.05, 3.63) is 12.3 Å². The van der Waals surface area contributed by atoms with E-state index in [1.807, 2.05) is 0 Å². The summed E-state index contributed by atoms with van der Waals surface area (Å²) in [7, 11) is 0. The Morgan fingerprint density at radius 2 is 2.62 bits per heavy atom. The maximum atomic E-state index is 8.58. The van der Waals surface area contributed by atoms with Crippen molar-refractivity contribution in [2.75, 3.05) is 0 Å². The molecule has 5 heteroatoms. The average Bonchev–Trinajstić information content (AvgIpc) is 1.64. The van der Waals surface area contributed by atoms with Gasteiger partial charge >= 0.3 is 0 Å². The molecule has 0 saturated carbocycles. The second-order valence-corrected chi connectivity index (χ2v) is 1.50. The fraction of sp³-hybridized carbons (Fsp3) is 0. The van der Waals surface area contributed by atoms with E-state index in [1.165, 1.54) is 12.3 Å². The number of rotatable bonds is 0. The molecule has 44 valence electrons. The SMILES string of the molecule is OC1=NN(Cl)NC=C1. The van der Waals surface area contributed by atoms with Crippen LogP contribution in [0, 0.1) is 0 Å². The standard InChI is InChI=1S/C3H4ClN3O/c4-7-5-2-1-3(8)6-7/h1-2,5H,(H,6,8). The Hall–Kier alpha value is -0.900. The number of nitrogens with one attached hydrogen (secondary N) is 1. The summed E-state index contributed by atoms with van der Waals surface area (Å²) in [4.78, 5) is 0. The van der Waals surface area contributed by atoms with Crippen LogP contribution < -0.4 is 5.43 Å². The van der Waals surface area contributed by atoms with E-state index in [2.05, 4.69) is 10.5 Å². The van der Waals surface area contributed by atoms with Gasteiger partial charge in [-0.3, -0.25) is 5.43 Å². The van der Waals surface area contributed by atoms with Crippen molar-refractivity contribution in [2.45, 2.75) is 0 Å². The molecule has 0 aliphatic carbocycles. The minimum Gasteiger partial charge on any atom is -0.492 e. The Morgan fingerprint density at radius 1 is 1.88 bits per heavy atom. The van der Waals surface area contributed by atoms with Gasteiger partial charge in [0.1, 0.15) is 0 Å². The number of halogens is 1. The van der Waals surface area contributed by atoms with Crippen LogP contribution in [0.2, 0.25) is 0 Å². The predicted octanol–water partition coefficient (Wildman–Crippen LogP) is 0.346. The summed E-state index contributed by atoms with van der Waals surface area (Å²) in [6.45, 7) is 0. The number of hydrogen-bond acceptors (Lipinski definition) is 3. The second kappa shape index (κ2) is 1.92. The van der Waals surface area contributed by atoms with Gasteiger partial charge in [0.05, 0.1) is 11.8 Å². The number of hydrazine groups is 1. The number of hydrazone groups is 1. The van der Waals surface area contributed by atoms with Gasteiger partial charge in [-0.2, -0.15) is 0 Å². The maximum absolute atomic E-state index is 8.58. The largest absolute Gasteiger partial charge is 0.492 e. The Balaban J connectivity index is 2.63. The predicted molar refractivity (Wildman–Crippen MR) is 30.0 cm³/mol. The van der Waals surface area contributed by atoms with E-state index in [0.717, 1.165) is 4.64 Å². The van der Waals surface area contributed by atoms with Crippen LogP contribution in [0.25, 0.3) is 0 Å². The first kappa shape index (κ1) is 5.24. The first-order valence-corrected chi connectivity index (χ1v) is 2.29. The molecule has 2 N–H and O–H groups in total. The van der Waals surface area contributed by atoms with E-state index >= 15 is 0 Å². The lowest BCUT2D eigenvalue weighted by Gasteiger charge is -2.10. The van der Waals surface area contributed by atoms with E-state index in [0.29, 0.717) is 0 Å². The quantitative estimate of drug-likeness (QED) is 0.469. The van der Waals surface area contributed by atoms with E-state index in [4.69, 9.17) is 16.9 Å². The van der Waals surface area contributed by atoms with Crippen LogP contribution in [0.15, 0.2) is 17.4 Å². The first-order valence-electron chi connectivity index (χ1n) is 1.95. The molecule has 0 aromatic carbocycles. The fourth-order valence-corrected chi connectivity index (χ4v) is 0.459. The zero-order valence-electron chi connectivity index (χ0n) is 3.87. The molecule has 1 heterocycles. The zero-order chi connectivity index (χ0) is 5.98. The van der Waals surface area contributed by atoms with Crippen molar-refractivity contribution in [2.24, 2.45) is 5.10 Å². The Bertz CT molecular complexity index is 143. The van der Waals surface area contributed by atoms with Gasteiger partial charge in [-0.1, -0.05) is 0 Å². The van der Waals surface area contributed by atoms with Gasteiger partial charge in [0, 0.05) is 12.3 Å². The monoisotopic (exact) mass is 133 g/mol. The van der Waals surface area contributed by atoms with Crippen LogP contribution in [0.5, 0.6) is 0 Å². The molecule has 0 radical (unpaired) electrons. The summed E-state index contributed by atoms with van der Waals surface area (Å²) in [5.41, 5.74) is 2.48. The van der Waals surface area contributed by atoms with Crippen molar-refractivity contribution in [3.63, 3.8) is 0 Å². The third kappa shape index (κ3) is 1.04. The van der Waals surface area contributed by atoms with Crippen LogP contribution in [-0.2, 0) is 0 Å². The number of aliphatic hydroxyl groups is 1. The summed E-state index contributed by atoms with van der Waals surface area (Å²) in [6.07, 6.45) is 2.86. The third-order valence-electron chi connectivity index (χ3n) is 0.604. The van der Waals surface area contributed by atoms with Gasteiger partial charge < -0.3 is 5.11 Å². The van der Waals surface area contributed by atoms with E-state index in [-0.39, 0.29) is 5.90 Å². The smallest absolute Gasteiger partial charge is 0.233 e. The van der Waals surface area contributed by atoms with Gasteiger partial charge in [0.15, 0.2) is 0 Å². The first-order chi connectivity index (χ1) is 3.79. The summed E-state index contributed by atoms with van der Waals surface area (Å²) in [5, 5.41) is 11.9. The number of aliphatic hydroxyl groups excluding tert-OH is 1.